The molecule has 0 amide bonds. The SMILES string of the molecule is COC(=O)C(OC(C)=O)C(Cn1cnc2c(N)ncnc21)OC(C)=O. The molecule has 0 bridgehead atoms. The Kier molecular flexibility index (Phi) is 5.47. The second-order valence-corrected chi connectivity index (χ2v) is 5.03. The molecule has 0 radical (unpaired) electrons. The van der Waals surface area contributed by atoms with E-state index in [9.17, 15) is 14.4 Å². The Hall–Kier alpha value is -3.24. The van der Waals surface area contributed by atoms with E-state index in [-0.39, 0.29) is 12.4 Å². The van der Waals surface area contributed by atoms with Gasteiger partial charge in [0.25, 0.3) is 0 Å². The van der Waals surface area contributed by atoms with Crippen molar-refractivity contribution in [3.8, 4) is 0 Å². The Balaban J connectivity index is 2.38. The van der Waals surface area contributed by atoms with E-state index in [0.717, 1.165) is 14.0 Å². The minimum atomic E-state index is -1.44. The van der Waals surface area contributed by atoms with Crippen molar-refractivity contribution in [3.63, 3.8) is 0 Å². The van der Waals surface area contributed by atoms with E-state index in [1.165, 1.54) is 24.1 Å². The monoisotopic (exact) mass is 351 g/mol. The molecule has 0 aliphatic heterocycles. The molecule has 0 aromatic carbocycles. The zero-order valence-corrected chi connectivity index (χ0v) is 13.8. The predicted molar refractivity (Wildman–Crippen MR) is 82.9 cm³/mol. The van der Waals surface area contributed by atoms with E-state index in [1.807, 2.05) is 0 Å². The summed E-state index contributed by atoms with van der Waals surface area (Å²) in [6.07, 6.45) is 0.0555. The molecule has 2 unspecified atom stereocenters. The number of fused-ring (bicyclic) bond motifs is 1. The molecule has 2 aromatic heterocycles. The van der Waals surface area contributed by atoms with Gasteiger partial charge in [-0.1, -0.05) is 0 Å². The standard InChI is InChI=1S/C14H17N5O6/c1-7(20)24-9(11(14(22)23-3)25-8(2)21)4-19-6-18-10-12(15)16-5-17-13(10)19/h5-6,9,11H,4H2,1-3H3,(H2,15,16,17). The number of methoxy groups -OCH3 is 1. The Labute approximate surface area is 142 Å². The molecular formula is C14H17N5O6. The fourth-order valence-electron chi connectivity index (χ4n) is 2.20. The first-order valence-electron chi connectivity index (χ1n) is 7.17. The number of aromatic nitrogens is 4. The third-order valence-corrected chi connectivity index (χ3v) is 3.19. The van der Waals surface area contributed by atoms with Gasteiger partial charge in [0.15, 0.2) is 17.6 Å². The maximum absolute atomic E-state index is 12.0. The highest BCUT2D eigenvalue weighted by atomic mass is 16.6. The van der Waals surface area contributed by atoms with Crippen molar-refractivity contribution in [3.05, 3.63) is 12.7 Å². The van der Waals surface area contributed by atoms with Crippen molar-refractivity contribution in [2.45, 2.75) is 32.6 Å². The fourth-order valence-corrected chi connectivity index (χ4v) is 2.20. The van der Waals surface area contributed by atoms with Gasteiger partial charge in [0.2, 0.25) is 6.10 Å². The van der Waals surface area contributed by atoms with Crippen LogP contribution < -0.4 is 5.73 Å². The molecule has 11 nitrogen and oxygen atoms in total. The van der Waals surface area contributed by atoms with Gasteiger partial charge in [-0.25, -0.2) is 19.7 Å². The van der Waals surface area contributed by atoms with Gasteiger partial charge in [0.05, 0.1) is 20.0 Å². The number of imidazole rings is 1. The molecule has 11 heteroatoms. The van der Waals surface area contributed by atoms with Crippen LogP contribution in [0.4, 0.5) is 5.82 Å². The van der Waals surface area contributed by atoms with Crippen molar-refractivity contribution in [2.24, 2.45) is 0 Å². The normalized spacial score (nSPS) is 13.1. The summed E-state index contributed by atoms with van der Waals surface area (Å²) in [5.74, 6) is -2.07. The maximum atomic E-state index is 12.0. The smallest absolute Gasteiger partial charge is 0.351 e. The van der Waals surface area contributed by atoms with Crippen LogP contribution in [0.5, 0.6) is 0 Å². The summed E-state index contributed by atoms with van der Waals surface area (Å²) in [5, 5.41) is 0. The molecule has 0 fully saturated rings. The van der Waals surface area contributed by atoms with E-state index in [4.69, 9.17) is 15.2 Å². The first-order valence-corrected chi connectivity index (χ1v) is 7.17. The molecule has 0 spiro atoms. The Morgan fingerprint density at radius 2 is 1.84 bits per heavy atom. The van der Waals surface area contributed by atoms with Gasteiger partial charge in [-0.2, -0.15) is 0 Å². The van der Waals surface area contributed by atoms with Crippen LogP contribution in [0.25, 0.3) is 11.2 Å². The van der Waals surface area contributed by atoms with E-state index in [1.54, 1.807) is 0 Å². The summed E-state index contributed by atoms with van der Waals surface area (Å²) < 4.78 is 16.2. The van der Waals surface area contributed by atoms with Crippen molar-refractivity contribution >= 4 is 34.9 Å². The molecule has 134 valence electrons. The van der Waals surface area contributed by atoms with Crippen LogP contribution in [0.15, 0.2) is 12.7 Å². The lowest BCUT2D eigenvalue weighted by Crippen LogP contribution is -2.43. The lowest BCUT2D eigenvalue weighted by atomic mass is 10.2. The number of carbonyl (C=O) groups excluding carboxylic acids is 3. The molecule has 25 heavy (non-hydrogen) atoms. The number of hydrogen-bond acceptors (Lipinski definition) is 10. The van der Waals surface area contributed by atoms with Gasteiger partial charge < -0.3 is 24.5 Å². The summed E-state index contributed by atoms with van der Waals surface area (Å²) in [5.41, 5.74) is 6.45. The van der Waals surface area contributed by atoms with Gasteiger partial charge >= 0.3 is 17.9 Å². The molecule has 2 atom stereocenters. The van der Waals surface area contributed by atoms with E-state index in [0.29, 0.717) is 11.2 Å². The molecule has 2 rings (SSSR count). The predicted octanol–water partition coefficient (Wildman–Crippen LogP) is -0.555. The van der Waals surface area contributed by atoms with E-state index in [2.05, 4.69) is 19.7 Å². The summed E-state index contributed by atoms with van der Waals surface area (Å²) in [7, 11) is 1.13. The number of ether oxygens (including phenoxy) is 3. The highest BCUT2D eigenvalue weighted by molar-refractivity contribution is 5.81. The van der Waals surface area contributed by atoms with Gasteiger partial charge in [0.1, 0.15) is 11.8 Å². The van der Waals surface area contributed by atoms with E-state index < -0.39 is 30.1 Å². The molecule has 2 aromatic rings. The van der Waals surface area contributed by atoms with Crippen LogP contribution in [0.3, 0.4) is 0 Å². The van der Waals surface area contributed by atoms with Crippen LogP contribution >= 0.6 is 0 Å². The average Bonchev–Trinajstić information content (AvgIpc) is 2.95. The first kappa shape index (κ1) is 18.1. The van der Waals surface area contributed by atoms with Gasteiger partial charge in [-0.3, -0.25) is 9.59 Å². The quantitative estimate of drug-likeness (QED) is 0.530. The summed E-state index contributed by atoms with van der Waals surface area (Å²) in [4.78, 5) is 46.6. The van der Waals surface area contributed by atoms with Crippen molar-refractivity contribution in [2.75, 3.05) is 12.8 Å². The van der Waals surface area contributed by atoms with Gasteiger partial charge in [-0.05, 0) is 0 Å². The van der Waals surface area contributed by atoms with Crippen LogP contribution in [0.2, 0.25) is 0 Å². The second-order valence-electron chi connectivity index (χ2n) is 5.03. The van der Waals surface area contributed by atoms with Crippen molar-refractivity contribution in [1.82, 2.24) is 19.5 Å². The fraction of sp³-hybridized carbons (Fsp3) is 0.429. The van der Waals surface area contributed by atoms with E-state index >= 15 is 0 Å². The van der Waals surface area contributed by atoms with Crippen LogP contribution in [0, 0.1) is 0 Å². The second kappa shape index (κ2) is 7.55. The van der Waals surface area contributed by atoms with Crippen molar-refractivity contribution in [1.29, 1.82) is 0 Å². The number of nitrogen functional groups attached to an aromatic ring is 1. The molecule has 0 aliphatic rings. The zero-order valence-electron chi connectivity index (χ0n) is 13.8. The van der Waals surface area contributed by atoms with Crippen molar-refractivity contribution < 1.29 is 28.6 Å². The molecule has 2 heterocycles. The molecule has 2 N–H and O–H groups in total. The van der Waals surface area contributed by atoms with Gasteiger partial charge in [-0.15, -0.1) is 0 Å². The summed E-state index contributed by atoms with van der Waals surface area (Å²) in [6.45, 7) is 2.22. The van der Waals surface area contributed by atoms with Crippen LogP contribution in [0.1, 0.15) is 13.8 Å². The Morgan fingerprint density at radius 1 is 1.16 bits per heavy atom. The Bertz CT molecular complexity index is 804. The minimum absolute atomic E-state index is 0.0699. The maximum Gasteiger partial charge on any atom is 0.351 e. The summed E-state index contributed by atoms with van der Waals surface area (Å²) in [6, 6.07) is 0. The highest BCUT2D eigenvalue weighted by Crippen LogP contribution is 2.17. The molecule has 0 saturated carbocycles. The summed E-state index contributed by atoms with van der Waals surface area (Å²) >= 11 is 0. The number of hydrogen-bond donors (Lipinski definition) is 1. The lowest BCUT2D eigenvalue weighted by molar-refractivity contribution is -0.180. The largest absolute Gasteiger partial charge is 0.466 e. The van der Waals surface area contributed by atoms with Crippen LogP contribution in [-0.4, -0.2) is 56.7 Å². The third-order valence-electron chi connectivity index (χ3n) is 3.19. The van der Waals surface area contributed by atoms with Crippen LogP contribution in [-0.2, 0) is 35.1 Å². The molecule has 0 aliphatic carbocycles. The number of nitrogens with zero attached hydrogens (tertiary/aromatic N) is 4. The minimum Gasteiger partial charge on any atom is -0.466 e. The Morgan fingerprint density at radius 3 is 2.44 bits per heavy atom. The first-order chi connectivity index (χ1) is 11.8. The third kappa shape index (κ3) is 4.19. The molecular weight excluding hydrogens is 334 g/mol. The number of esters is 3. The average molecular weight is 351 g/mol. The van der Waals surface area contributed by atoms with Gasteiger partial charge in [0, 0.05) is 13.8 Å². The number of anilines is 1. The zero-order chi connectivity index (χ0) is 18.6. The lowest BCUT2D eigenvalue weighted by Gasteiger charge is -2.24. The molecule has 0 saturated heterocycles. The number of nitrogens with two attached hydrogens (primary N) is 1. The topological polar surface area (TPSA) is 149 Å². The highest BCUT2D eigenvalue weighted by Gasteiger charge is 2.35. The number of rotatable bonds is 6. The number of carbonyl (C=O) groups is 3.